The van der Waals surface area contributed by atoms with Crippen molar-refractivity contribution in [2.24, 2.45) is 5.73 Å². The summed E-state index contributed by atoms with van der Waals surface area (Å²) in [5.74, 6) is -2.54. The maximum Gasteiger partial charge on any atom is 0.358 e. The van der Waals surface area contributed by atoms with Gasteiger partial charge in [-0.25, -0.2) is 27.9 Å². The molecule has 6 aromatic carbocycles. The number of fused-ring (bicyclic) bond motifs is 3. The van der Waals surface area contributed by atoms with Crippen molar-refractivity contribution in [2.75, 3.05) is 35.8 Å². The number of carboxylic acid groups (broad SMARTS) is 1. The fourth-order valence-corrected chi connectivity index (χ4v) is 10.0. The standard InChI is InChI=1S/2C21H20FN5O2.C11H13FN2O.C11H9NO3/c2*1-27-16-10-6-5-9-14(16)12-15(22)18(21(27)29)24-20(28)19-23-17(25-26-19)11-13-7-3-2-4-8-13;1-14-9-5-3-2-4-7(9)6-8(12)10(13)11(14)15;13-11(14)10-7-9(15-12-10)6-8-4-2-1-3-5-8/h2*2-10,15,18H,11-12H2,1H3,(H,24,28)(H,23,25,26);2-5,8,10H,6,13H2,1H3;1-5,7H,6H2,(H,13,14)/t15-,18+;15-,18-;;/m10../s1. The molecule has 9 aromatic rings. The molecule has 12 rings (SSSR count). The number of hydrogen-bond donors (Lipinski definition) is 6. The summed E-state index contributed by atoms with van der Waals surface area (Å²) < 4.78 is 48.2. The summed E-state index contributed by atoms with van der Waals surface area (Å²) in [5.41, 5.74) is 12.8. The minimum Gasteiger partial charge on any atom is -0.476 e. The van der Waals surface area contributed by atoms with Crippen molar-refractivity contribution >= 4 is 52.6 Å². The maximum atomic E-state index is 14.9. The molecule has 2 unspecified atom stereocenters. The van der Waals surface area contributed by atoms with Gasteiger partial charge in [0.1, 0.15) is 54.0 Å². The molecule has 6 atom stereocenters. The minimum absolute atomic E-state index is 0.0322. The van der Waals surface area contributed by atoms with E-state index < -0.39 is 66.2 Å². The minimum atomic E-state index is -1.56. The number of nitrogens with two attached hydrogens (primary N) is 1. The quantitative estimate of drug-likeness (QED) is 0.0765. The zero-order chi connectivity index (χ0) is 62.4. The number of nitrogens with zero attached hydrogens (tertiary/aromatic N) is 8. The van der Waals surface area contributed by atoms with E-state index in [1.165, 1.54) is 20.8 Å². The first-order valence-electron chi connectivity index (χ1n) is 27.9. The number of aromatic amines is 2. The smallest absolute Gasteiger partial charge is 0.358 e. The van der Waals surface area contributed by atoms with Gasteiger partial charge in [-0.2, -0.15) is 0 Å². The molecule has 5 amide bonds. The summed E-state index contributed by atoms with van der Waals surface area (Å²) in [6.07, 6.45) is -2.63. The summed E-state index contributed by atoms with van der Waals surface area (Å²) in [6.45, 7) is 0. The second-order valence-electron chi connectivity index (χ2n) is 20.8. The van der Waals surface area contributed by atoms with Gasteiger partial charge in [-0.15, -0.1) is 10.2 Å². The number of carboxylic acids is 1. The molecule has 0 spiro atoms. The highest BCUT2D eigenvalue weighted by atomic mass is 19.1. The van der Waals surface area contributed by atoms with Crippen molar-refractivity contribution in [1.29, 1.82) is 0 Å². The monoisotopic (exact) mass is 1200 g/mol. The van der Waals surface area contributed by atoms with Crippen LogP contribution in [0.2, 0.25) is 0 Å². The number of aromatic carboxylic acids is 1. The molecule has 0 radical (unpaired) electrons. The summed E-state index contributed by atoms with van der Waals surface area (Å²) in [7, 11) is 4.77. The van der Waals surface area contributed by atoms with Gasteiger partial charge in [-0.3, -0.25) is 34.2 Å². The summed E-state index contributed by atoms with van der Waals surface area (Å²) in [5, 5.41) is 30.3. The van der Waals surface area contributed by atoms with Crippen LogP contribution in [0.15, 0.2) is 174 Å². The average Bonchev–Trinajstić information content (AvgIpc) is 2.54. The molecule has 0 saturated heterocycles. The number of likely N-dealkylation sites (N-methyl/N-ethyl adjacent to an activating group) is 3. The van der Waals surface area contributed by atoms with Crippen LogP contribution in [0.25, 0.3) is 0 Å². The van der Waals surface area contributed by atoms with Crippen molar-refractivity contribution in [1.82, 2.24) is 46.2 Å². The molecule has 3 aromatic heterocycles. The third kappa shape index (κ3) is 15.2. The van der Waals surface area contributed by atoms with Gasteiger partial charge in [-0.05, 0) is 51.6 Å². The van der Waals surface area contributed by atoms with E-state index in [4.69, 9.17) is 15.4 Å². The predicted octanol–water partition coefficient (Wildman–Crippen LogP) is 6.94. The number of alkyl halides is 3. The van der Waals surface area contributed by atoms with E-state index in [9.17, 15) is 41.9 Å². The number of para-hydroxylation sites is 3. The van der Waals surface area contributed by atoms with Gasteiger partial charge in [0.05, 0.1) is 0 Å². The maximum absolute atomic E-state index is 14.9. The lowest BCUT2D eigenvalue weighted by Crippen LogP contribution is -2.52. The van der Waals surface area contributed by atoms with Crippen LogP contribution in [0.5, 0.6) is 0 Å². The number of amides is 5. The Morgan fingerprint density at radius 1 is 0.534 bits per heavy atom. The molecule has 0 saturated carbocycles. The molecule has 7 N–H and O–H groups in total. The van der Waals surface area contributed by atoms with Gasteiger partial charge in [0.2, 0.25) is 17.6 Å². The second-order valence-corrected chi connectivity index (χ2v) is 20.8. The Kier molecular flexibility index (Phi) is 20.1. The van der Waals surface area contributed by atoms with Gasteiger partial charge in [0.25, 0.3) is 23.6 Å². The van der Waals surface area contributed by atoms with E-state index in [0.717, 1.165) is 39.1 Å². The second kappa shape index (κ2) is 28.5. The molecule has 0 bridgehead atoms. The molecule has 0 aliphatic carbocycles. The summed E-state index contributed by atoms with van der Waals surface area (Å²) in [4.78, 5) is 85.4. The Labute approximate surface area is 503 Å². The van der Waals surface area contributed by atoms with Gasteiger partial charge in [0.15, 0.2) is 5.69 Å². The Bertz CT molecular complexity index is 3720. The number of rotatable bonds is 11. The first-order valence-corrected chi connectivity index (χ1v) is 27.9. The molecule has 6 heterocycles. The molecule has 3 aliphatic rings. The molecular weight excluding hydrogens is 1140 g/mol. The number of aromatic nitrogens is 7. The number of halogens is 3. The lowest BCUT2D eigenvalue weighted by atomic mass is 10.0. The number of nitrogens with one attached hydrogen (secondary N) is 4. The molecule has 88 heavy (non-hydrogen) atoms. The van der Waals surface area contributed by atoms with Gasteiger partial charge >= 0.3 is 5.97 Å². The highest BCUT2D eigenvalue weighted by Gasteiger charge is 2.39. The molecular formula is C64H62F3N13O8. The number of hydrogen-bond acceptors (Lipinski definition) is 13. The summed E-state index contributed by atoms with van der Waals surface area (Å²) >= 11 is 0. The van der Waals surface area contributed by atoms with Crippen LogP contribution in [0, 0.1) is 0 Å². The fraction of sp³-hybridized carbons (Fsp3) is 0.234. The Morgan fingerprint density at radius 3 is 1.27 bits per heavy atom. The van der Waals surface area contributed by atoms with E-state index in [0.29, 0.717) is 48.0 Å². The number of H-pyrrole nitrogens is 2. The van der Waals surface area contributed by atoms with E-state index in [2.05, 4.69) is 46.2 Å². The average molecular weight is 1200 g/mol. The number of carbonyl (C=O) groups is 6. The fourth-order valence-electron chi connectivity index (χ4n) is 10.0. The molecule has 0 fully saturated rings. The van der Waals surface area contributed by atoms with Gasteiger partial charge in [-0.1, -0.05) is 151 Å². The molecule has 21 nitrogen and oxygen atoms in total. The largest absolute Gasteiger partial charge is 0.476 e. The van der Waals surface area contributed by atoms with Crippen molar-refractivity contribution in [3.63, 3.8) is 0 Å². The van der Waals surface area contributed by atoms with E-state index in [1.54, 1.807) is 75.7 Å². The van der Waals surface area contributed by atoms with Crippen LogP contribution < -0.4 is 31.1 Å². The lowest BCUT2D eigenvalue weighted by Gasteiger charge is -2.22. The van der Waals surface area contributed by atoms with Crippen LogP contribution >= 0.6 is 0 Å². The normalized spacial score (nSPS) is 18.6. The molecule has 452 valence electrons. The third-order valence-corrected chi connectivity index (χ3v) is 14.7. The molecule has 3 aliphatic heterocycles. The van der Waals surface area contributed by atoms with E-state index >= 15 is 0 Å². The highest BCUT2D eigenvalue weighted by Crippen LogP contribution is 2.30. The van der Waals surface area contributed by atoms with Crippen molar-refractivity contribution in [2.45, 2.75) is 75.2 Å². The van der Waals surface area contributed by atoms with E-state index in [-0.39, 0.29) is 42.5 Å². The first-order chi connectivity index (χ1) is 42.4. The lowest BCUT2D eigenvalue weighted by molar-refractivity contribution is -0.122. The van der Waals surface area contributed by atoms with Crippen molar-refractivity contribution < 1.29 is 51.6 Å². The van der Waals surface area contributed by atoms with E-state index in [1.807, 2.05) is 109 Å². The Morgan fingerprint density at radius 2 is 0.886 bits per heavy atom. The van der Waals surface area contributed by atoms with Gasteiger partial charge in [0, 0.05) is 82.8 Å². The zero-order valence-electron chi connectivity index (χ0n) is 48.0. The predicted molar refractivity (Wildman–Crippen MR) is 320 cm³/mol. The Hall–Kier alpha value is -10.6. The van der Waals surface area contributed by atoms with Crippen LogP contribution in [0.3, 0.4) is 0 Å². The highest BCUT2D eigenvalue weighted by molar-refractivity contribution is 6.03. The topological polar surface area (TPSA) is 292 Å². The Balaban J connectivity index is 0.000000146. The van der Waals surface area contributed by atoms with Crippen molar-refractivity contribution in [3.8, 4) is 0 Å². The molecule has 24 heteroatoms. The van der Waals surface area contributed by atoms with Crippen LogP contribution in [-0.2, 0) is 52.9 Å². The van der Waals surface area contributed by atoms with Crippen LogP contribution in [0.4, 0.5) is 30.2 Å². The number of anilines is 3. The third-order valence-electron chi connectivity index (χ3n) is 14.7. The zero-order valence-corrected chi connectivity index (χ0v) is 48.0. The van der Waals surface area contributed by atoms with Crippen LogP contribution in [-0.4, -0.2) is 134 Å². The summed E-state index contributed by atoms with van der Waals surface area (Å²) in [6, 6.07) is 48.2. The first kappa shape index (κ1) is 61.9. The van der Waals surface area contributed by atoms with Crippen LogP contribution in [0.1, 0.15) is 82.5 Å². The van der Waals surface area contributed by atoms with Gasteiger partial charge < -0.3 is 40.7 Å². The number of carbonyl (C=O) groups excluding carboxylic acids is 5. The van der Waals surface area contributed by atoms with Crippen molar-refractivity contribution in [3.05, 3.63) is 238 Å². The SMILES string of the molecule is CN1C(=O)C(N)C(F)Cc2ccccc21.CN1C(=O)[C@@H](NC(=O)c2n[nH]c(Cc3ccccc3)n2)[C@@H](F)Cc2ccccc21.CN1C(=O)[C@@H](NC(=O)c2n[nH]c(Cc3ccccc3)n2)[C@H](F)Cc2ccccc21.O=C(O)c1cc(Cc2ccccc2)on1. The number of benzene rings is 6.